The molecule has 0 amide bonds. The number of carboxylic acids is 1. The molecule has 98 valence electrons. The lowest BCUT2D eigenvalue weighted by Crippen LogP contribution is -1.96. The largest absolute Gasteiger partial charge is 0.476 e. The van der Waals surface area contributed by atoms with E-state index in [9.17, 15) is 4.79 Å². The van der Waals surface area contributed by atoms with Crippen LogP contribution in [0.4, 0.5) is 0 Å². The van der Waals surface area contributed by atoms with Crippen molar-refractivity contribution in [2.24, 2.45) is 0 Å². The van der Waals surface area contributed by atoms with E-state index in [-0.39, 0.29) is 5.69 Å². The number of benzene rings is 1. The zero-order valence-electron chi connectivity index (χ0n) is 10.2. The highest BCUT2D eigenvalue weighted by molar-refractivity contribution is 7.98. The lowest BCUT2D eigenvalue weighted by molar-refractivity contribution is 0.0691. The van der Waals surface area contributed by atoms with Gasteiger partial charge in [0, 0.05) is 22.4 Å². The number of hydrogen-bond acceptors (Lipinski definition) is 4. The van der Waals surface area contributed by atoms with Crippen molar-refractivity contribution in [1.29, 1.82) is 0 Å². The molecule has 0 aliphatic carbocycles. The summed E-state index contributed by atoms with van der Waals surface area (Å²) in [6.07, 6.45) is 1.87. The van der Waals surface area contributed by atoms with Gasteiger partial charge in [-0.1, -0.05) is 30.3 Å². The smallest absolute Gasteiger partial charge is 0.355 e. The topological polar surface area (TPSA) is 50.2 Å². The molecule has 0 spiro atoms. The SMILES string of the molecule is C=CCSCc1ccccc1-c1nc(C(=O)O)cs1. The maximum atomic E-state index is 10.9. The number of rotatable bonds is 6. The molecular formula is C14H13NO2S2. The van der Waals surface area contributed by atoms with Crippen molar-refractivity contribution in [1.82, 2.24) is 4.98 Å². The monoisotopic (exact) mass is 291 g/mol. The Morgan fingerprint density at radius 2 is 2.26 bits per heavy atom. The Bertz CT molecular complexity index is 593. The van der Waals surface area contributed by atoms with E-state index in [0.717, 1.165) is 22.1 Å². The van der Waals surface area contributed by atoms with Crippen LogP contribution in [-0.2, 0) is 5.75 Å². The first kappa shape index (κ1) is 13.8. The van der Waals surface area contributed by atoms with Crippen LogP contribution in [0.2, 0.25) is 0 Å². The first-order valence-corrected chi connectivity index (χ1v) is 7.71. The molecule has 1 aromatic carbocycles. The third kappa shape index (κ3) is 3.45. The van der Waals surface area contributed by atoms with Crippen molar-refractivity contribution >= 4 is 29.1 Å². The Morgan fingerprint density at radius 3 is 2.95 bits per heavy atom. The van der Waals surface area contributed by atoms with E-state index < -0.39 is 5.97 Å². The molecule has 0 saturated heterocycles. The molecule has 0 atom stereocenters. The molecule has 0 fully saturated rings. The number of thiazole rings is 1. The summed E-state index contributed by atoms with van der Waals surface area (Å²) < 4.78 is 0. The fourth-order valence-electron chi connectivity index (χ4n) is 1.60. The number of carbonyl (C=O) groups is 1. The number of nitrogens with zero attached hydrogens (tertiary/aromatic N) is 1. The van der Waals surface area contributed by atoms with Crippen LogP contribution in [0.5, 0.6) is 0 Å². The minimum absolute atomic E-state index is 0.105. The minimum atomic E-state index is -0.985. The first-order chi connectivity index (χ1) is 9.22. The second kappa shape index (κ2) is 6.54. The fraction of sp³-hybridized carbons (Fsp3) is 0.143. The van der Waals surface area contributed by atoms with Gasteiger partial charge in [-0.05, 0) is 5.56 Å². The molecule has 0 bridgehead atoms. The minimum Gasteiger partial charge on any atom is -0.476 e. The van der Waals surface area contributed by atoms with Gasteiger partial charge in [-0.15, -0.1) is 17.9 Å². The number of carboxylic acid groups (broad SMARTS) is 1. The predicted octanol–water partition coefficient (Wildman–Crippen LogP) is 3.93. The Balaban J connectivity index is 2.27. The summed E-state index contributed by atoms with van der Waals surface area (Å²) in [5.74, 6) is 0.775. The fourth-order valence-corrected chi connectivity index (χ4v) is 3.21. The average Bonchev–Trinajstić information content (AvgIpc) is 2.89. The molecular weight excluding hydrogens is 278 g/mol. The van der Waals surface area contributed by atoms with Gasteiger partial charge in [0.2, 0.25) is 0 Å². The van der Waals surface area contributed by atoms with E-state index >= 15 is 0 Å². The van der Waals surface area contributed by atoms with Gasteiger partial charge in [-0.25, -0.2) is 9.78 Å². The predicted molar refractivity (Wildman–Crippen MR) is 80.9 cm³/mol. The lowest BCUT2D eigenvalue weighted by Gasteiger charge is -2.05. The Kier molecular flexibility index (Phi) is 4.76. The summed E-state index contributed by atoms with van der Waals surface area (Å²) in [6.45, 7) is 3.70. The highest BCUT2D eigenvalue weighted by Gasteiger charge is 2.12. The van der Waals surface area contributed by atoms with E-state index in [4.69, 9.17) is 5.11 Å². The van der Waals surface area contributed by atoms with Crippen molar-refractivity contribution < 1.29 is 9.90 Å². The van der Waals surface area contributed by atoms with Gasteiger partial charge in [0.25, 0.3) is 0 Å². The van der Waals surface area contributed by atoms with Gasteiger partial charge in [-0.3, -0.25) is 0 Å². The molecule has 0 aliphatic heterocycles. The summed E-state index contributed by atoms with van der Waals surface area (Å²) in [5.41, 5.74) is 2.28. The molecule has 1 aromatic heterocycles. The van der Waals surface area contributed by atoms with Crippen molar-refractivity contribution in [2.45, 2.75) is 5.75 Å². The van der Waals surface area contributed by atoms with Crippen molar-refractivity contribution in [3.8, 4) is 10.6 Å². The quantitative estimate of drug-likeness (QED) is 0.647. The molecule has 0 saturated carbocycles. The highest BCUT2D eigenvalue weighted by atomic mass is 32.2. The van der Waals surface area contributed by atoms with E-state index in [0.29, 0.717) is 0 Å². The summed E-state index contributed by atoms with van der Waals surface area (Å²) >= 11 is 3.13. The molecule has 1 N–H and O–H groups in total. The zero-order valence-corrected chi connectivity index (χ0v) is 11.8. The molecule has 2 rings (SSSR count). The standard InChI is InChI=1S/C14H13NO2S2/c1-2-7-18-8-10-5-3-4-6-11(10)13-15-12(9-19-13)14(16)17/h2-6,9H,1,7-8H2,(H,16,17). The van der Waals surface area contributed by atoms with Crippen LogP contribution in [0.15, 0.2) is 42.3 Å². The van der Waals surface area contributed by atoms with Gasteiger partial charge >= 0.3 is 5.97 Å². The molecule has 0 unspecified atom stereocenters. The molecule has 3 nitrogen and oxygen atoms in total. The van der Waals surface area contributed by atoms with Crippen molar-refractivity contribution in [3.63, 3.8) is 0 Å². The van der Waals surface area contributed by atoms with Crippen LogP contribution < -0.4 is 0 Å². The van der Waals surface area contributed by atoms with E-state index in [1.54, 1.807) is 17.1 Å². The molecule has 5 heteroatoms. The van der Waals surface area contributed by atoms with Crippen molar-refractivity contribution in [2.75, 3.05) is 5.75 Å². The van der Waals surface area contributed by atoms with Gasteiger partial charge in [0.15, 0.2) is 5.69 Å². The van der Waals surface area contributed by atoms with Crippen LogP contribution in [0, 0.1) is 0 Å². The van der Waals surface area contributed by atoms with Crippen LogP contribution in [0.1, 0.15) is 16.1 Å². The number of thioether (sulfide) groups is 1. The van der Waals surface area contributed by atoms with Gasteiger partial charge in [-0.2, -0.15) is 11.8 Å². The Morgan fingerprint density at radius 1 is 1.47 bits per heavy atom. The normalized spacial score (nSPS) is 10.3. The summed E-state index contributed by atoms with van der Waals surface area (Å²) in [4.78, 5) is 15.0. The van der Waals surface area contributed by atoms with Crippen molar-refractivity contribution in [3.05, 3.63) is 53.6 Å². The number of aromatic nitrogens is 1. The third-order valence-corrected chi connectivity index (χ3v) is 4.33. The Labute approximate surface area is 120 Å². The molecule has 0 aliphatic rings. The molecule has 19 heavy (non-hydrogen) atoms. The zero-order chi connectivity index (χ0) is 13.7. The summed E-state index contributed by atoms with van der Waals surface area (Å²) in [5, 5.41) is 11.2. The number of aromatic carboxylic acids is 1. The summed E-state index contributed by atoms with van der Waals surface area (Å²) in [6, 6.07) is 7.96. The van der Waals surface area contributed by atoms with E-state index in [1.165, 1.54) is 16.9 Å². The number of hydrogen-bond donors (Lipinski definition) is 1. The van der Waals surface area contributed by atoms with Gasteiger partial charge in [0.05, 0.1) is 0 Å². The average molecular weight is 291 g/mol. The molecule has 0 radical (unpaired) electrons. The van der Waals surface area contributed by atoms with Crippen LogP contribution in [0.25, 0.3) is 10.6 Å². The second-order valence-electron chi connectivity index (χ2n) is 3.80. The maximum absolute atomic E-state index is 10.9. The Hall–Kier alpha value is -1.59. The third-order valence-electron chi connectivity index (χ3n) is 2.46. The van der Waals surface area contributed by atoms with Crippen LogP contribution >= 0.6 is 23.1 Å². The molecule has 1 heterocycles. The van der Waals surface area contributed by atoms with Gasteiger partial charge in [0.1, 0.15) is 5.01 Å². The van der Waals surface area contributed by atoms with E-state index in [2.05, 4.69) is 11.6 Å². The van der Waals surface area contributed by atoms with Crippen LogP contribution in [-0.4, -0.2) is 21.8 Å². The molecule has 2 aromatic rings. The van der Waals surface area contributed by atoms with Crippen LogP contribution in [0.3, 0.4) is 0 Å². The van der Waals surface area contributed by atoms with Gasteiger partial charge < -0.3 is 5.11 Å². The maximum Gasteiger partial charge on any atom is 0.355 e. The van der Waals surface area contributed by atoms with E-state index in [1.807, 2.05) is 30.3 Å². The second-order valence-corrected chi connectivity index (χ2v) is 5.69. The highest BCUT2D eigenvalue weighted by Crippen LogP contribution is 2.29. The lowest BCUT2D eigenvalue weighted by atomic mass is 10.1. The first-order valence-electron chi connectivity index (χ1n) is 5.68. The summed E-state index contributed by atoms with van der Waals surface area (Å²) in [7, 11) is 0.